The Hall–Kier alpha value is -3.35. The SMILES string of the molecule is c1ccc(CCn2nnnc2C(c2ccccc2)N2CCN(Cc3ccccc3)CC2)cc1. The van der Waals surface area contributed by atoms with E-state index in [4.69, 9.17) is 0 Å². The molecule has 3 aromatic carbocycles. The monoisotopic (exact) mass is 438 g/mol. The molecular weight excluding hydrogens is 408 g/mol. The third kappa shape index (κ3) is 5.35. The van der Waals surface area contributed by atoms with E-state index in [1.165, 1.54) is 16.7 Å². The maximum absolute atomic E-state index is 4.51. The van der Waals surface area contributed by atoms with E-state index in [1.807, 2.05) is 4.68 Å². The molecule has 5 rings (SSSR count). The summed E-state index contributed by atoms with van der Waals surface area (Å²) < 4.78 is 1.99. The Morgan fingerprint density at radius 2 is 1.30 bits per heavy atom. The van der Waals surface area contributed by atoms with Crippen LogP contribution in [0.4, 0.5) is 0 Å². The Morgan fingerprint density at radius 3 is 1.97 bits per heavy atom. The van der Waals surface area contributed by atoms with Crippen LogP contribution in [0.1, 0.15) is 28.6 Å². The zero-order valence-corrected chi connectivity index (χ0v) is 18.9. The average molecular weight is 439 g/mol. The molecule has 33 heavy (non-hydrogen) atoms. The van der Waals surface area contributed by atoms with Crippen LogP contribution in [0.25, 0.3) is 0 Å². The zero-order chi connectivity index (χ0) is 22.3. The average Bonchev–Trinajstić information content (AvgIpc) is 3.34. The second-order valence-corrected chi connectivity index (χ2v) is 8.61. The molecule has 1 atom stereocenters. The van der Waals surface area contributed by atoms with Gasteiger partial charge in [0.05, 0.1) is 6.04 Å². The normalized spacial score (nSPS) is 16.0. The summed E-state index contributed by atoms with van der Waals surface area (Å²) >= 11 is 0. The van der Waals surface area contributed by atoms with E-state index < -0.39 is 0 Å². The van der Waals surface area contributed by atoms with Crippen LogP contribution in [0, 0.1) is 0 Å². The second-order valence-electron chi connectivity index (χ2n) is 8.61. The quantitative estimate of drug-likeness (QED) is 0.419. The molecule has 1 unspecified atom stereocenters. The number of aryl methyl sites for hydroxylation is 2. The first-order chi connectivity index (χ1) is 16.4. The first-order valence-corrected chi connectivity index (χ1v) is 11.7. The van der Waals surface area contributed by atoms with Gasteiger partial charge in [0.1, 0.15) is 0 Å². The lowest BCUT2D eigenvalue weighted by atomic mass is 10.0. The summed E-state index contributed by atoms with van der Waals surface area (Å²) in [4.78, 5) is 5.06. The molecule has 0 aliphatic carbocycles. The summed E-state index contributed by atoms with van der Waals surface area (Å²) in [5.74, 6) is 0.925. The van der Waals surface area contributed by atoms with Crippen molar-refractivity contribution in [2.75, 3.05) is 26.2 Å². The third-order valence-electron chi connectivity index (χ3n) is 6.40. The molecule has 1 aromatic heterocycles. The minimum atomic E-state index is 0.0517. The second kappa shape index (κ2) is 10.5. The maximum atomic E-state index is 4.51. The van der Waals surface area contributed by atoms with Gasteiger partial charge in [0, 0.05) is 39.3 Å². The number of tetrazole rings is 1. The fourth-order valence-corrected chi connectivity index (χ4v) is 4.63. The number of aromatic nitrogens is 4. The molecule has 1 fully saturated rings. The van der Waals surface area contributed by atoms with E-state index >= 15 is 0 Å². The highest BCUT2D eigenvalue weighted by molar-refractivity contribution is 5.25. The largest absolute Gasteiger partial charge is 0.297 e. The first kappa shape index (κ1) is 21.5. The maximum Gasteiger partial charge on any atom is 0.173 e. The van der Waals surface area contributed by atoms with Gasteiger partial charge in [-0.15, -0.1) is 5.10 Å². The Bertz CT molecular complexity index is 1110. The highest BCUT2D eigenvalue weighted by atomic mass is 15.6. The Labute approximate surface area is 195 Å². The van der Waals surface area contributed by atoms with Gasteiger partial charge in [0.25, 0.3) is 0 Å². The van der Waals surface area contributed by atoms with Gasteiger partial charge in [0.15, 0.2) is 5.82 Å². The molecular formula is C27H30N6. The van der Waals surface area contributed by atoms with Crippen molar-refractivity contribution < 1.29 is 0 Å². The van der Waals surface area contributed by atoms with E-state index in [0.717, 1.165) is 51.5 Å². The Morgan fingerprint density at radius 1 is 0.697 bits per heavy atom. The van der Waals surface area contributed by atoms with Gasteiger partial charge in [-0.1, -0.05) is 91.0 Å². The number of piperazine rings is 1. The molecule has 6 nitrogen and oxygen atoms in total. The molecule has 0 bridgehead atoms. The molecule has 0 radical (unpaired) electrons. The number of benzene rings is 3. The van der Waals surface area contributed by atoms with Crippen LogP contribution >= 0.6 is 0 Å². The summed E-state index contributed by atoms with van der Waals surface area (Å²) in [6, 6.07) is 32.0. The van der Waals surface area contributed by atoms with Crippen molar-refractivity contribution >= 4 is 0 Å². The van der Waals surface area contributed by atoms with Crippen molar-refractivity contribution in [3.05, 3.63) is 114 Å². The summed E-state index contributed by atoms with van der Waals surface area (Å²) in [5, 5.41) is 12.9. The topological polar surface area (TPSA) is 50.1 Å². The lowest BCUT2D eigenvalue weighted by Crippen LogP contribution is -2.48. The smallest absolute Gasteiger partial charge is 0.173 e. The lowest BCUT2D eigenvalue weighted by molar-refractivity contribution is 0.100. The van der Waals surface area contributed by atoms with Crippen LogP contribution in [0.3, 0.4) is 0 Å². The van der Waals surface area contributed by atoms with E-state index in [2.05, 4.69) is 116 Å². The van der Waals surface area contributed by atoms with Crippen molar-refractivity contribution in [1.29, 1.82) is 0 Å². The first-order valence-electron chi connectivity index (χ1n) is 11.7. The summed E-state index contributed by atoms with van der Waals surface area (Å²) in [6.45, 7) is 5.80. The zero-order valence-electron chi connectivity index (χ0n) is 18.9. The lowest BCUT2D eigenvalue weighted by Gasteiger charge is -2.39. The van der Waals surface area contributed by atoms with Crippen LogP contribution in [0.5, 0.6) is 0 Å². The third-order valence-corrected chi connectivity index (χ3v) is 6.40. The van der Waals surface area contributed by atoms with E-state index in [9.17, 15) is 0 Å². The molecule has 0 saturated carbocycles. The van der Waals surface area contributed by atoms with Gasteiger partial charge in [-0.05, 0) is 33.5 Å². The molecule has 1 saturated heterocycles. The standard InChI is InChI=1S/C27H30N6/c1-4-10-23(11-5-1)16-17-33-27(28-29-30-33)26(25-14-8-3-9-15-25)32-20-18-31(19-21-32)22-24-12-6-2-7-13-24/h1-15,26H,16-22H2. The van der Waals surface area contributed by atoms with Crippen molar-refractivity contribution in [2.24, 2.45) is 0 Å². The fourth-order valence-electron chi connectivity index (χ4n) is 4.63. The van der Waals surface area contributed by atoms with E-state index in [-0.39, 0.29) is 6.04 Å². The van der Waals surface area contributed by atoms with Gasteiger partial charge in [0.2, 0.25) is 0 Å². The predicted molar refractivity (Wildman–Crippen MR) is 130 cm³/mol. The van der Waals surface area contributed by atoms with Crippen LogP contribution in [0.2, 0.25) is 0 Å². The predicted octanol–water partition coefficient (Wildman–Crippen LogP) is 3.82. The van der Waals surface area contributed by atoms with E-state index in [1.54, 1.807) is 0 Å². The minimum Gasteiger partial charge on any atom is -0.297 e. The molecule has 1 aliphatic heterocycles. The van der Waals surface area contributed by atoms with Gasteiger partial charge >= 0.3 is 0 Å². The van der Waals surface area contributed by atoms with Crippen LogP contribution in [0.15, 0.2) is 91.0 Å². The van der Waals surface area contributed by atoms with Gasteiger partial charge in [-0.3, -0.25) is 9.80 Å². The number of nitrogens with zero attached hydrogens (tertiary/aromatic N) is 6. The number of hydrogen-bond donors (Lipinski definition) is 0. The molecule has 0 N–H and O–H groups in total. The summed E-state index contributed by atoms with van der Waals surface area (Å²) in [7, 11) is 0. The Balaban J connectivity index is 1.32. The van der Waals surface area contributed by atoms with Crippen molar-refractivity contribution in [1.82, 2.24) is 30.0 Å². The van der Waals surface area contributed by atoms with Crippen LogP contribution in [-0.2, 0) is 19.5 Å². The molecule has 6 heteroatoms. The van der Waals surface area contributed by atoms with Crippen molar-refractivity contribution in [3.63, 3.8) is 0 Å². The van der Waals surface area contributed by atoms with E-state index in [0.29, 0.717) is 0 Å². The van der Waals surface area contributed by atoms with Gasteiger partial charge < -0.3 is 0 Å². The van der Waals surface area contributed by atoms with Gasteiger partial charge in [-0.25, -0.2) is 4.68 Å². The van der Waals surface area contributed by atoms with Crippen molar-refractivity contribution in [3.8, 4) is 0 Å². The Kier molecular flexibility index (Phi) is 6.85. The molecule has 168 valence electrons. The molecule has 0 amide bonds. The highest BCUT2D eigenvalue weighted by Gasteiger charge is 2.30. The summed E-state index contributed by atoms with van der Waals surface area (Å²) in [5.41, 5.74) is 3.91. The molecule has 2 heterocycles. The number of rotatable bonds is 8. The molecule has 0 spiro atoms. The van der Waals surface area contributed by atoms with Crippen LogP contribution in [-0.4, -0.2) is 56.2 Å². The summed E-state index contributed by atoms with van der Waals surface area (Å²) in [6.07, 6.45) is 0.908. The van der Waals surface area contributed by atoms with Gasteiger partial charge in [-0.2, -0.15) is 0 Å². The molecule has 1 aliphatic rings. The van der Waals surface area contributed by atoms with Crippen molar-refractivity contribution in [2.45, 2.75) is 25.6 Å². The fraction of sp³-hybridized carbons (Fsp3) is 0.296. The molecule has 4 aromatic rings. The highest BCUT2D eigenvalue weighted by Crippen LogP contribution is 2.28. The minimum absolute atomic E-state index is 0.0517. The van der Waals surface area contributed by atoms with Crippen LogP contribution < -0.4 is 0 Å². The number of hydrogen-bond acceptors (Lipinski definition) is 5.